The highest BCUT2D eigenvalue weighted by molar-refractivity contribution is 6.33. The molecule has 0 fully saturated rings. The lowest BCUT2D eigenvalue weighted by Gasteiger charge is -2.06. The average Bonchev–Trinajstić information content (AvgIpc) is 2.38. The van der Waals surface area contributed by atoms with E-state index in [0.29, 0.717) is 10.6 Å². The lowest BCUT2D eigenvalue weighted by Crippen LogP contribution is -1.83. The van der Waals surface area contributed by atoms with E-state index in [4.69, 9.17) is 16.9 Å². The van der Waals surface area contributed by atoms with Crippen LogP contribution in [0.2, 0.25) is 5.02 Å². The van der Waals surface area contributed by atoms with Crippen molar-refractivity contribution in [2.24, 2.45) is 0 Å². The number of benzene rings is 3. The van der Waals surface area contributed by atoms with E-state index < -0.39 is 0 Å². The fourth-order valence-electron chi connectivity index (χ4n) is 2.18. The molecule has 80 valence electrons. The maximum Gasteiger partial charge on any atom is 0.101 e. The number of fused-ring (bicyclic) bond motifs is 3. The third-order valence-electron chi connectivity index (χ3n) is 2.99. The van der Waals surface area contributed by atoms with Gasteiger partial charge >= 0.3 is 0 Å². The molecule has 3 aromatic rings. The largest absolute Gasteiger partial charge is 0.192 e. The maximum absolute atomic E-state index is 9.15. The summed E-state index contributed by atoms with van der Waals surface area (Å²) in [4.78, 5) is 0. The number of hydrogen-bond donors (Lipinski definition) is 0. The summed E-state index contributed by atoms with van der Waals surface area (Å²) in [6.45, 7) is 0. The number of nitrogens with zero attached hydrogens (tertiary/aromatic N) is 1. The molecule has 0 atom stereocenters. The Labute approximate surface area is 104 Å². The first-order chi connectivity index (χ1) is 8.31. The molecule has 0 bridgehead atoms. The Morgan fingerprint density at radius 3 is 2.41 bits per heavy atom. The van der Waals surface area contributed by atoms with E-state index in [0.717, 1.165) is 16.2 Å². The highest BCUT2D eigenvalue weighted by Gasteiger charge is 2.07. The molecule has 0 radical (unpaired) electrons. The molecule has 0 saturated heterocycles. The van der Waals surface area contributed by atoms with Crippen LogP contribution in [0.3, 0.4) is 0 Å². The smallest absolute Gasteiger partial charge is 0.101 e. The number of hydrogen-bond acceptors (Lipinski definition) is 1. The topological polar surface area (TPSA) is 23.8 Å². The van der Waals surface area contributed by atoms with E-state index in [1.54, 1.807) is 6.07 Å². The molecule has 0 N–H and O–H groups in total. The summed E-state index contributed by atoms with van der Waals surface area (Å²) in [6.07, 6.45) is 0. The summed E-state index contributed by atoms with van der Waals surface area (Å²) in [5.41, 5.74) is 0.551. The molecular formula is C15H8ClN. The minimum Gasteiger partial charge on any atom is -0.192 e. The minimum atomic E-state index is 0.510. The molecule has 0 heterocycles. The van der Waals surface area contributed by atoms with Gasteiger partial charge in [-0.05, 0) is 22.2 Å². The van der Waals surface area contributed by atoms with Crippen molar-refractivity contribution in [3.05, 3.63) is 59.1 Å². The highest BCUT2D eigenvalue weighted by Crippen LogP contribution is 2.30. The number of rotatable bonds is 0. The molecule has 0 spiro atoms. The third kappa shape index (κ3) is 1.46. The summed E-state index contributed by atoms with van der Waals surface area (Å²) in [5, 5.41) is 14.0. The summed E-state index contributed by atoms with van der Waals surface area (Å²) in [6, 6.07) is 18.1. The van der Waals surface area contributed by atoms with Crippen molar-refractivity contribution in [2.45, 2.75) is 0 Å². The maximum atomic E-state index is 9.15. The van der Waals surface area contributed by atoms with Crippen LogP contribution in [0.5, 0.6) is 0 Å². The van der Waals surface area contributed by atoms with Crippen LogP contribution in [-0.4, -0.2) is 0 Å². The summed E-state index contributed by atoms with van der Waals surface area (Å²) < 4.78 is 0. The van der Waals surface area contributed by atoms with Gasteiger partial charge in [-0.25, -0.2) is 0 Å². The SMILES string of the molecule is N#Cc1c(Cl)ccc2c1ccc1ccccc12. The second kappa shape index (κ2) is 3.76. The first-order valence-corrected chi connectivity index (χ1v) is 5.69. The average molecular weight is 238 g/mol. The second-order valence-electron chi connectivity index (χ2n) is 3.92. The summed E-state index contributed by atoms with van der Waals surface area (Å²) >= 11 is 6.03. The van der Waals surface area contributed by atoms with Gasteiger partial charge in [-0.1, -0.05) is 54.1 Å². The molecule has 2 heteroatoms. The quantitative estimate of drug-likeness (QED) is 0.528. The second-order valence-corrected chi connectivity index (χ2v) is 4.32. The molecule has 0 aliphatic carbocycles. The van der Waals surface area contributed by atoms with Crippen molar-refractivity contribution < 1.29 is 0 Å². The Morgan fingerprint density at radius 1 is 0.824 bits per heavy atom. The predicted molar refractivity (Wildman–Crippen MR) is 71.2 cm³/mol. The fourth-order valence-corrected chi connectivity index (χ4v) is 2.38. The molecule has 17 heavy (non-hydrogen) atoms. The van der Waals surface area contributed by atoms with Crippen molar-refractivity contribution in [1.82, 2.24) is 0 Å². The highest BCUT2D eigenvalue weighted by atomic mass is 35.5. The van der Waals surface area contributed by atoms with E-state index in [9.17, 15) is 0 Å². The van der Waals surface area contributed by atoms with Crippen molar-refractivity contribution in [3.8, 4) is 6.07 Å². The van der Waals surface area contributed by atoms with Gasteiger partial charge < -0.3 is 0 Å². The van der Waals surface area contributed by atoms with Crippen LogP contribution in [0.25, 0.3) is 21.5 Å². The van der Waals surface area contributed by atoms with Gasteiger partial charge in [0.1, 0.15) is 6.07 Å². The van der Waals surface area contributed by atoms with Crippen LogP contribution in [0.1, 0.15) is 5.56 Å². The number of nitriles is 1. The van der Waals surface area contributed by atoms with E-state index in [2.05, 4.69) is 18.2 Å². The zero-order valence-corrected chi connectivity index (χ0v) is 9.70. The van der Waals surface area contributed by atoms with Crippen LogP contribution in [0, 0.1) is 11.3 Å². The lowest BCUT2D eigenvalue weighted by atomic mass is 9.99. The van der Waals surface area contributed by atoms with Crippen molar-refractivity contribution in [2.75, 3.05) is 0 Å². The molecule has 0 saturated carbocycles. The minimum absolute atomic E-state index is 0.510. The van der Waals surface area contributed by atoms with Crippen LogP contribution in [0.15, 0.2) is 48.5 Å². The molecule has 0 aliphatic heterocycles. The van der Waals surface area contributed by atoms with Crippen LogP contribution in [-0.2, 0) is 0 Å². The zero-order chi connectivity index (χ0) is 11.8. The van der Waals surface area contributed by atoms with Gasteiger partial charge in [0.25, 0.3) is 0 Å². The van der Waals surface area contributed by atoms with Crippen LogP contribution in [0.4, 0.5) is 0 Å². The molecule has 0 unspecified atom stereocenters. The van der Waals surface area contributed by atoms with Crippen molar-refractivity contribution >= 4 is 33.1 Å². The Hall–Kier alpha value is -2.04. The molecular weight excluding hydrogens is 230 g/mol. The molecule has 0 aliphatic rings. The molecule has 0 amide bonds. The standard InChI is InChI=1S/C15H8ClN/c16-15-8-7-12-11-4-2-1-3-10(11)5-6-13(12)14(15)9-17/h1-8H. The molecule has 1 nitrogen and oxygen atoms in total. The van der Waals surface area contributed by atoms with Gasteiger partial charge in [-0.15, -0.1) is 0 Å². The van der Waals surface area contributed by atoms with Gasteiger partial charge in [0.05, 0.1) is 10.6 Å². The van der Waals surface area contributed by atoms with Gasteiger partial charge in [0.2, 0.25) is 0 Å². The van der Waals surface area contributed by atoms with Crippen molar-refractivity contribution in [3.63, 3.8) is 0 Å². The molecule has 0 aromatic heterocycles. The summed E-state index contributed by atoms with van der Waals surface area (Å²) in [5.74, 6) is 0. The Kier molecular flexibility index (Phi) is 2.24. The Bertz CT molecular complexity index is 769. The van der Waals surface area contributed by atoms with Crippen LogP contribution >= 0.6 is 11.6 Å². The first kappa shape index (κ1) is 10.1. The van der Waals surface area contributed by atoms with Gasteiger partial charge in [-0.2, -0.15) is 5.26 Å². The van der Waals surface area contributed by atoms with E-state index in [-0.39, 0.29) is 0 Å². The zero-order valence-electron chi connectivity index (χ0n) is 8.94. The molecule has 3 rings (SSSR count). The monoisotopic (exact) mass is 237 g/mol. The Balaban J connectivity index is 2.58. The molecule has 3 aromatic carbocycles. The normalized spacial score (nSPS) is 10.6. The lowest BCUT2D eigenvalue weighted by molar-refractivity contribution is 1.50. The predicted octanol–water partition coefficient (Wildman–Crippen LogP) is 4.52. The van der Waals surface area contributed by atoms with Gasteiger partial charge in [0, 0.05) is 5.39 Å². The first-order valence-electron chi connectivity index (χ1n) is 5.31. The van der Waals surface area contributed by atoms with E-state index in [1.807, 2.05) is 30.3 Å². The van der Waals surface area contributed by atoms with Gasteiger partial charge in [-0.3, -0.25) is 0 Å². The van der Waals surface area contributed by atoms with Crippen LogP contribution < -0.4 is 0 Å². The van der Waals surface area contributed by atoms with Gasteiger partial charge in [0.15, 0.2) is 0 Å². The summed E-state index contributed by atoms with van der Waals surface area (Å²) in [7, 11) is 0. The Morgan fingerprint density at radius 2 is 1.59 bits per heavy atom. The van der Waals surface area contributed by atoms with E-state index in [1.165, 1.54) is 5.39 Å². The van der Waals surface area contributed by atoms with E-state index >= 15 is 0 Å². The van der Waals surface area contributed by atoms with Crippen molar-refractivity contribution in [1.29, 1.82) is 5.26 Å². The fraction of sp³-hybridized carbons (Fsp3) is 0. The number of halogens is 1. The third-order valence-corrected chi connectivity index (χ3v) is 3.30.